The molecule has 3 nitrogen and oxygen atoms in total. The zero-order valence-corrected chi connectivity index (χ0v) is 12.1. The van der Waals surface area contributed by atoms with Crippen LogP contribution in [0.4, 0.5) is 11.4 Å². The summed E-state index contributed by atoms with van der Waals surface area (Å²) < 4.78 is 0. The number of nitrogens with zero attached hydrogens (tertiary/aromatic N) is 2. The van der Waals surface area contributed by atoms with E-state index in [1.807, 2.05) is 12.3 Å². The molecule has 1 aliphatic rings. The number of pyridine rings is 1. The van der Waals surface area contributed by atoms with E-state index in [-0.39, 0.29) is 0 Å². The van der Waals surface area contributed by atoms with Crippen molar-refractivity contribution in [3.8, 4) is 0 Å². The largest absolute Gasteiger partial charge is 0.378 e. The molecule has 0 bridgehead atoms. The van der Waals surface area contributed by atoms with E-state index in [9.17, 15) is 0 Å². The Bertz CT molecular complexity index is 575. The molecule has 3 rings (SSSR count). The molecule has 0 amide bonds. The van der Waals surface area contributed by atoms with Crippen molar-refractivity contribution >= 4 is 11.4 Å². The molecule has 0 fully saturated rings. The highest BCUT2D eigenvalue weighted by Gasteiger charge is 2.20. The first kappa shape index (κ1) is 13.0. The minimum atomic E-state index is 0.338. The summed E-state index contributed by atoms with van der Waals surface area (Å²) in [5.74, 6) is 0. The first-order valence-corrected chi connectivity index (χ1v) is 7.22. The van der Waals surface area contributed by atoms with E-state index in [0.717, 1.165) is 12.8 Å². The van der Waals surface area contributed by atoms with Gasteiger partial charge in [-0.1, -0.05) is 6.07 Å². The minimum Gasteiger partial charge on any atom is -0.378 e. The molecular weight excluding hydrogens is 246 g/mol. The number of aryl methyl sites for hydroxylation is 1. The van der Waals surface area contributed by atoms with Crippen molar-refractivity contribution in [1.82, 2.24) is 4.98 Å². The summed E-state index contributed by atoms with van der Waals surface area (Å²) in [5, 5.41) is 3.62. The van der Waals surface area contributed by atoms with Gasteiger partial charge in [0.2, 0.25) is 0 Å². The molecule has 1 unspecified atom stereocenters. The maximum absolute atomic E-state index is 4.57. The van der Waals surface area contributed by atoms with E-state index in [2.05, 4.69) is 59.6 Å². The monoisotopic (exact) mass is 267 g/mol. The number of aromatic nitrogens is 1. The van der Waals surface area contributed by atoms with Crippen molar-refractivity contribution in [1.29, 1.82) is 0 Å². The number of hydrogen-bond donors (Lipinski definition) is 1. The van der Waals surface area contributed by atoms with Gasteiger partial charge in [-0.15, -0.1) is 0 Å². The molecule has 1 atom stereocenters. The zero-order valence-electron chi connectivity index (χ0n) is 12.1. The molecule has 1 aliphatic carbocycles. The third kappa shape index (κ3) is 2.62. The fourth-order valence-corrected chi connectivity index (χ4v) is 2.81. The lowest BCUT2D eigenvalue weighted by molar-refractivity contribution is 0.583. The number of hydrogen-bond acceptors (Lipinski definition) is 3. The number of nitrogens with one attached hydrogen (secondary N) is 1. The Morgan fingerprint density at radius 3 is 2.70 bits per heavy atom. The number of fused-ring (bicyclic) bond motifs is 1. The fraction of sp³-hybridized carbons (Fsp3) is 0.353. The maximum atomic E-state index is 4.57. The van der Waals surface area contributed by atoms with E-state index in [0.29, 0.717) is 6.04 Å². The van der Waals surface area contributed by atoms with Gasteiger partial charge in [0.1, 0.15) is 0 Å². The van der Waals surface area contributed by atoms with Crippen LogP contribution in [0.2, 0.25) is 0 Å². The average Bonchev–Trinajstić information content (AvgIpc) is 2.48. The molecule has 1 aromatic heterocycles. The topological polar surface area (TPSA) is 28.2 Å². The Hall–Kier alpha value is -2.03. The molecule has 20 heavy (non-hydrogen) atoms. The quantitative estimate of drug-likeness (QED) is 0.920. The molecule has 1 aromatic carbocycles. The normalized spacial score (nSPS) is 17.4. The lowest BCUT2D eigenvalue weighted by Gasteiger charge is -2.26. The second kappa shape index (κ2) is 5.53. The van der Waals surface area contributed by atoms with Crippen LogP contribution in [0.3, 0.4) is 0 Å². The SMILES string of the molecule is CN(C)c1ccc(NC2CCCc3cccnc32)cc1. The molecule has 0 saturated heterocycles. The summed E-state index contributed by atoms with van der Waals surface area (Å²) >= 11 is 0. The van der Waals surface area contributed by atoms with Gasteiger partial charge in [-0.05, 0) is 55.2 Å². The van der Waals surface area contributed by atoms with E-state index in [1.165, 1.54) is 29.1 Å². The number of benzene rings is 1. The van der Waals surface area contributed by atoms with Crippen molar-refractivity contribution < 1.29 is 0 Å². The molecule has 0 aliphatic heterocycles. The lowest BCUT2D eigenvalue weighted by atomic mass is 9.92. The maximum Gasteiger partial charge on any atom is 0.0688 e. The summed E-state index contributed by atoms with van der Waals surface area (Å²) in [6, 6.07) is 13.2. The highest BCUT2D eigenvalue weighted by Crippen LogP contribution is 2.31. The molecular formula is C17H21N3. The van der Waals surface area contributed by atoms with Crippen LogP contribution in [0.15, 0.2) is 42.6 Å². The molecule has 104 valence electrons. The van der Waals surface area contributed by atoms with E-state index >= 15 is 0 Å². The van der Waals surface area contributed by atoms with Crippen LogP contribution in [0, 0.1) is 0 Å². The molecule has 0 saturated carbocycles. The van der Waals surface area contributed by atoms with Crippen LogP contribution in [-0.2, 0) is 6.42 Å². The summed E-state index contributed by atoms with van der Waals surface area (Å²) in [7, 11) is 4.12. The summed E-state index contributed by atoms with van der Waals surface area (Å²) in [5.41, 5.74) is 4.99. The Kier molecular flexibility index (Phi) is 3.59. The predicted octanol–water partition coefficient (Wildman–Crippen LogP) is 3.64. The molecule has 0 spiro atoms. The Morgan fingerprint density at radius 1 is 1.15 bits per heavy atom. The summed E-state index contributed by atoms with van der Waals surface area (Å²) in [6.07, 6.45) is 5.43. The van der Waals surface area contributed by atoms with Crippen molar-refractivity contribution in [2.75, 3.05) is 24.3 Å². The van der Waals surface area contributed by atoms with Gasteiger partial charge >= 0.3 is 0 Å². The van der Waals surface area contributed by atoms with Gasteiger partial charge in [0, 0.05) is 31.7 Å². The molecule has 1 N–H and O–H groups in total. The fourth-order valence-electron chi connectivity index (χ4n) is 2.81. The van der Waals surface area contributed by atoms with E-state index < -0.39 is 0 Å². The van der Waals surface area contributed by atoms with Gasteiger partial charge in [-0.3, -0.25) is 4.98 Å². The second-order valence-corrected chi connectivity index (χ2v) is 5.58. The Labute approximate surface area is 120 Å². The van der Waals surface area contributed by atoms with Crippen molar-refractivity contribution in [2.24, 2.45) is 0 Å². The van der Waals surface area contributed by atoms with E-state index in [1.54, 1.807) is 0 Å². The van der Waals surface area contributed by atoms with Gasteiger partial charge < -0.3 is 10.2 Å². The minimum absolute atomic E-state index is 0.338. The highest BCUT2D eigenvalue weighted by atomic mass is 15.1. The number of anilines is 2. The average molecular weight is 267 g/mol. The van der Waals surface area contributed by atoms with Crippen LogP contribution in [0.5, 0.6) is 0 Å². The van der Waals surface area contributed by atoms with Crippen LogP contribution >= 0.6 is 0 Å². The molecule has 3 heteroatoms. The lowest BCUT2D eigenvalue weighted by Crippen LogP contribution is -2.18. The molecule has 0 radical (unpaired) electrons. The van der Waals surface area contributed by atoms with Crippen LogP contribution < -0.4 is 10.2 Å². The van der Waals surface area contributed by atoms with Gasteiger partial charge in [-0.2, -0.15) is 0 Å². The first-order chi connectivity index (χ1) is 9.74. The molecule has 1 heterocycles. The summed E-state index contributed by atoms with van der Waals surface area (Å²) in [4.78, 5) is 6.68. The third-order valence-electron chi connectivity index (χ3n) is 3.92. The van der Waals surface area contributed by atoms with Gasteiger partial charge in [0.25, 0.3) is 0 Å². The molecule has 2 aromatic rings. The van der Waals surface area contributed by atoms with E-state index in [4.69, 9.17) is 0 Å². The van der Waals surface area contributed by atoms with Crippen molar-refractivity contribution in [3.63, 3.8) is 0 Å². The highest BCUT2D eigenvalue weighted by molar-refractivity contribution is 5.55. The van der Waals surface area contributed by atoms with Crippen LogP contribution in [0.1, 0.15) is 30.1 Å². The van der Waals surface area contributed by atoms with Gasteiger partial charge in [-0.25, -0.2) is 0 Å². The Morgan fingerprint density at radius 2 is 1.95 bits per heavy atom. The van der Waals surface area contributed by atoms with Gasteiger partial charge in [0.05, 0.1) is 11.7 Å². The van der Waals surface area contributed by atoms with Crippen molar-refractivity contribution in [3.05, 3.63) is 53.9 Å². The Balaban J connectivity index is 1.78. The standard InChI is InChI=1S/C17H21N3/c1-20(2)15-10-8-14(9-11-15)19-16-7-3-5-13-6-4-12-18-17(13)16/h4,6,8-12,16,19H,3,5,7H2,1-2H3. The van der Waals surface area contributed by atoms with Crippen LogP contribution in [0.25, 0.3) is 0 Å². The van der Waals surface area contributed by atoms with Crippen molar-refractivity contribution in [2.45, 2.75) is 25.3 Å². The van der Waals surface area contributed by atoms with Crippen LogP contribution in [-0.4, -0.2) is 19.1 Å². The zero-order chi connectivity index (χ0) is 13.9. The third-order valence-corrected chi connectivity index (χ3v) is 3.92. The summed E-state index contributed by atoms with van der Waals surface area (Å²) in [6.45, 7) is 0. The smallest absolute Gasteiger partial charge is 0.0688 e. The first-order valence-electron chi connectivity index (χ1n) is 7.22. The predicted molar refractivity (Wildman–Crippen MR) is 84.3 cm³/mol. The van der Waals surface area contributed by atoms with Gasteiger partial charge in [0.15, 0.2) is 0 Å². The number of rotatable bonds is 3. The second-order valence-electron chi connectivity index (χ2n) is 5.58.